The summed E-state index contributed by atoms with van der Waals surface area (Å²) in [7, 11) is 5.51. The molecule has 0 atom stereocenters. The molecule has 0 aliphatic rings. The number of rotatable bonds is 6. The van der Waals surface area contributed by atoms with Crippen LogP contribution in [0.2, 0.25) is 0 Å². The van der Waals surface area contributed by atoms with E-state index in [0.717, 1.165) is 30.6 Å². The van der Waals surface area contributed by atoms with Crippen molar-refractivity contribution in [3.63, 3.8) is 0 Å². The number of hydrogen-bond donors (Lipinski definition) is 1. The number of fused-ring (bicyclic) bond motifs is 1. The van der Waals surface area contributed by atoms with Crippen LogP contribution in [0.4, 0.5) is 0 Å². The predicted molar refractivity (Wildman–Crippen MR) is 76.6 cm³/mol. The van der Waals surface area contributed by atoms with Crippen molar-refractivity contribution in [1.82, 2.24) is 14.5 Å². The van der Waals surface area contributed by atoms with E-state index >= 15 is 0 Å². The average molecular weight is 263 g/mol. The highest BCUT2D eigenvalue weighted by Crippen LogP contribution is 2.14. The SMILES string of the molecule is CNCCOCCc1ccc2c(c1)n(C)c(=O)n2C. The van der Waals surface area contributed by atoms with E-state index in [2.05, 4.69) is 17.4 Å². The van der Waals surface area contributed by atoms with Gasteiger partial charge in [0.25, 0.3) is 0 Å². The molecule has 0 aliphatic carbocycles. The lowest BCUT2D eigenvalue weighted by Crippen LogP contribution is -2.19. The van der Waals surface area contributed by atoms with Crippen LogP contribution in [0.5, 0.6) is 0 Å². The smallest absolute Gasteiger partial charge is 0.328 e. The molecule has 0 fully saturated rings. The molecule has 0 unspecified atom stereocenters. The van der Waals surface area contributed by atoms with Gasteiger partial charge in [-0.1, -0.05) is 6.07 Å². The average Bonchev–Trinajstić information content (AvgIpc) is 2.64. The van der Waals surface area contributed by atoms with Crippen LogP contribution in [0.1, 0.15) is 5.56 Å². The predicted octanol–water partition coefficient (Wildman–Crippen LogP) is 0.655. The summed E-state index contributed by atoms with van der Waals surface area (Å²) in [5.41, 5.74) is 3.14. The summed E-state index contributed by atoms with van der Waals surface area (Å²) < 4.78 is 8.86. The molecule has 0 aliphatic heterocycles. The summed E-state index contributed by atoms with van der Waals surface area (Å²) in [5, 5.41) is 3.04. The van der Waals surface area contributed by atoms with Gasteiger partial charge in [-0.25, -0.2) is 4.79 Å². The first-order chi connectivity index (χ1) is 9.15. The van der Waals surface area contributed by atoms with Gasteiger partial charge in [-0.05, 0) is 31.2 Å². The van der Waals surface area contributed by atoms with Crippen LogP contribution >= 0.6 is 0 Å². The van der Waals surface area contributed by atoms with Crippen molar-refractivity contribution in [2.24, 2.45) is 14.1 Å². The van der Waals surface area contributed by atoms with Gasteiger partial charge in [0.1, 0.15) is 0 Å². The molecule has 2 aromatic rings. The number of aryl methyl sites for hydroxylation is 2. The largest absolute Gasteiger partial charge is 0.380 e. The highest BCUT2D eigenvalue weighted by atomic mass is 16.5. The Labute approximate surface area is 112 Å². The Morgan fingerprint density at radius 2 is 1.89 bits per heavy atom. The van der Waals surface area contributed by atoms with Crippen molar-refractivity contribution < 1.29 is 4.74 Å². The number of aromatic nitrogens is 2. The molecule has 0 amide bonds. The molecule has 1 heterocycles. The third-order valence-electron chi connectivity index (χ3n) is 3.37. The van der Waals surface area contributed by atoms with Gasteiger partial charge < -0.3 is 10.1 Å². The summed E-state index contributed by atoms with van der Waals surface area (Å²) >= 11 is 0. The van der Waals surface area contributed by atoms with Crippen molar-refractivity contribution in [2.45, 2.75) is 6.42 Å². The number of ether oxygens (including phenoxy) is 1. The van der Waals surface area contributed by atoms with Gasteiger partial charge in [-0.2, -0.15) is 0 Å². The summed E-state index contributed by atoms with van der Waals surface area (Å²) in [6.07, 6.45) is 0.864. The van der Waals surface area contributed by atoms with Crippen LogP contribution in [0, 0.1) is 0 Å². The first-order valence-electron chi connectivity index (χ1n) is 6.52. The second-order valence-corrected chi connectivity index (χ2v) is 4.69. The van der Waals surface area contributed by atoms with Crippen molar-refractivity contribution in [3.05, 3.63) is 34.2 Å². The van der Waals surface area contributed by atoms with E-state index in [1.54, 1.807) is 23.2 Å². The standard InChI is InChI=1S/C14H21N3O2/c1-15-7-9-19-8-6-11-4-5-12-13(10-11)17(3)14(18)16(12)2/h4-5,10,15H,6-9H2,1-3H3. The Hall–Kier alpha value is -1.59. The molecule has 1 aromatic heterocycles. The fraction of sp³-hybridized carbons (Fsp3) is 0.500. The van der Waals surface area contributed by atoms with Crippen molar-refractivity contribution in [3.8, 4) is 0 Å². The summed E-state index contributed by atoms with van der Waals surface area (Å²) in [5.74, 6) is 0. The van der Waals surface area contributed by atoms with Crippen molar-refractivity contribution in [1.29, 1.82) is 0 Å². The van der Waals surface area contributed by atoms with Gasteiger partial charge in [-0.3, -0.25) is 9.13 Å². The highest BCUT2D eigenvalue weighted by molar-refractivity contribution is 5.76. The number of hydrogen-bond acceptors (Lipinski definition) is 3. The molecule has 0 saturated carbocycles. The molecule has 0 bridgehead atoms. The number of benzene rings is 1. The van der Waals surface area contributed by atoms with E-state index in [1.165, 1.54) is 5.56 Å². The number of likely N-dealkylation sites (N-methyl/N-ethyl adjacent to an activating group) is 1. The van der Waals surface area contributed by atoms with Crippen molar-refractivity contribution >= 4 is 11.0 Å². The van der Waals surface area contributed by atoms with Gasteiger partial charge in [-0.15, -0.1) is 0 Å². The van der Waals surface area contributed by atoms with E-state index in [1.807, 2.05) is 13.1 Å². The Bertz CT molecular complexity index is 613. The Morgan fingerprint density at radius 3 is 2.63 bits per heavy atom. The molecule has 104 valence electrons. The van der Waals surface area contributed by atoms with E-state index < -0.39 is 0 Å². The highest BCUT2D eigenvalue weighted by Gasteiger charge is 2.07. The number of imidazole rings is 1. The van der Waals surface area contributed by atoms with Gasteiger partial charge in [0.2, 0.25) is 0 Å². The Kier molecular flexibility index (Phi) is 4.39. The molecule has 2 rings (SSSR count). The molecule has 1 N–H and O–H groups in total. The zero-order valence-electron chi connectivity index (χ0n) is 11.8. The van der Waals surface area contributed by atoms with Crippen LogP contribution in [0.25, 0.3) is 11.0 Å². The quantitative estimate of drug-likeness (QED) is 0.779. The lowest BCUT2D eigenvalue weighted by molar-refractivity contribution is 0.140. The molecular weight excluding hydrogens is 242 g/mol. The monoisotopic (exact) mass is 263 g/mol. The molecular formula is C14H21N3O2. The minimum absolute atomic E-state index is 0.0115. The fourth-order valence-corrected chi connectivity index (χ4v) is 2.17. The van der Waals surface area contributed by atoms with Gasteiger partial charge in [0, 0.05) is 20.6 Å². The minimum atomic E-state index is 0.0115. The van der Waals surface area contributed by atoms with Crippen LogP contribution in [-0.4, -0.2) is 35.9 Å². The third-order valence-corrected chi connectivity index (χ3v) is 3.37. The first-order valence-corrected chi connectivity index (χ1v) is 6.52. The van der Waals surface area contributed by atoms with E-state index in [9.17, 15) is 4.79 Å². The maximum absolute atomic E-state index is 11.8. The minimum Gasteiger partial charge on any atom is -0.380 e. The molecule has 1 aromatic carbocycles. The number of nitrogens with zero attached hydrogens (tertiary/aromatic N) is 2. The van der Waals surface area contributed by atoms with Crippen LogP contribution in [0.15, 0.2) is 23.0 Å². The zero-order valence-corrected chi connectivity index (χ0v) is 11.8. The third kappa shape index (κ3) is 2.88. The maximum atomic E-state index is 11.8. The van der Waals surface area contributed by atoms with Gasteiger partial charge in [0.05, 0.1) is 24.2 Å². The Morgan fingerprint density at radius 1 is 1.16 bits per heavy atom. The lowest BCUT2D eigenvalue weighted by Gasteiger charge is -2.05. The van der Waals surface area contributed by atoms with E-state index in [-0.39, 0.29) is 5.69 Å². The van der Waals surface area contributed by atoms with Crippen LogP contribution in [0.3, 0.4) is 0 Å². The topological polar surface area (TPSA) is 48.2 Å². The number of nitrogens with one attached hydrogen (secondary N) is 1. The normalized spacial score (nSPS) is 11.3. The van der Waals surface area contributed by atoms with Crippen LogP contribution in [-0.2, 0) is 25.3 Å². The molecule has 5 nitrogen and oxygen atoms in total. The van der Waals surface area contributed by atoms with Crippen molar-refractivity contribution in [2.75, 3.05) is 26.8 Å². The first kappa shape index (κ1) is 13.8. The maximum Gasteiger partial charge on any atom is 0.328 e. The molecule has 0 spiro atoms. The Balaban J connectivity index is 2.09. The molecule has 0 radical (unpaired) electrons. The molecule has 5 heteroatoms. The molecule has 19 heavy (non-hydrogen) atoms. The van der Waals surface area contributed by atoms with Gasteiger partial charge in [0.15, 0.2) is 0 Å². The summed E-state index contributed by atoms with van der Waals surface area (Å²) in [4.78, 5) is 11.8. The second kappa shape index (κ2) is 6.04. The summed E-state index contributed by atoms with van der Waals surface area (Å²) in [6.45, 7) is 2.29. The lowest BCUT2D eigenvalue weighted by atomic mass is 10.1. The molecule has 0 saturated heterocycles. The van der Waals surface area contributed by atoms with Crippen LogP contribution < -0.4 is 11.0 Å². The zero-order chi connectivity index (χ0) is 13.8. The van der Waals surface area contributed by atoms with Gasteiger partial charge >= 0.3 is 5.69 Å². The summed E-state index contributed by atoms with van der Waals surface area (Å²) in [6, 6.07) is 6.13. The van der Waals surface area contributed by atoms with E-state index in [0.29, 0.717) is 6.61 Å². The fourth-order valence-electron chi connectivity index (χ4n) is 2.17. The van der Waals surface area contributed by atoms with E-state index in [4.69, 9.17) is 4.74 Å². The second-order valence-electron chi connectivity index (χ2n) is 4.69.